The number of aryl methyl sites for hydroxylation is 1. The molecule has 19 heavy (non-hydrogen) atoms. The van der Waals surface area contributed by atoms with Crippen LogP contribution in [0, 0.1) is 18.7 Å². The van der Waals surface area contributed by atoms with Gasteiger partial charge in [-0.3, -0.25) is 4.90 Å². The average Bonchev–Trinajstić information content (AvgIpc) is 2.44. The fourth-order valence-corrected chi connectivity index (χ4v) is 2.99. The van der Waals surface area contributed by atoms with Crippen molar-refractivity contribution in [3.63, 3.8) is 0 Å². The lowest BCUT2D eigenvalue weighted by Gasteiger charge is -2.37. The second-order valence-electron chi connectivity index (χ2n) is 5.65. The van der Waals surface area contributed by atoms with Crippen LogP contribution in [0.25, 0.3) is 0 Å². The first-order chi connectivity index (χ1) is 9.15. The summed E-state index contributed by atoms with van der Waals surface area (Å²) in [6.45, 7) is 6.77. The van der Waals surface area contributed by atoms with Crippen LogP contribution >= 0.6 is 0 Å². The molecule has 0 saturated carbocycles. The van der Waals surface area contributed by atoms with E-state index in [2.05, 4.69) is 11.8 Å². The summed E-state index contributed by atoms with van der Waals surface area (Å²) >= 11 is 0. The van der Waals surface area contributed by atoms with E-state index in [1.54, 1.807) is 13.0 Å². The summed E-state index contributed by atoms with van der Waals surface area (Å²) in [5.74, 6) is 0.726. The molecule has 2 nitrogen and oxygen atoms in total. The van der Waals surface area contributed by atoms with E-state index in [1.165, 1.54) is 19.3 Å². The van der Waals surface area contributed by atoms with Crippen molar-refractivity contribution in [2.75, 3.05) is 19.6 Å². The first-order valence-electron chi connectivity index (χ1n) is 7.35. The van der Waals surface area contributed by atoms with E-state index in [0.717, 1.165) is 24.6 Å². The van der Waals surface area contributed by atoms with Gasteiger partial charge in [-0.05, 0) is 56.0 Å². The summed E-state index contributed by atoms with van der Waals surface area (Å²) in [5.41, 5.74) is 7.64. The van der Waals surface area contributed by atoms with Crippen LogP contribution in [-0.4, -0.2) is 24.5 Å². The van der Waals surface area contributed by atoms with Crippen molar-refractivity contribution in [3.8, 4) is 0 Å². The summed E-state index contributed by atoms with van der Waals surface area (Å²) in [6, 6.07) is 5.68. The number of likely N-dealkylation sites (tertiary alicyclic amines) is 1. The van der Waals surface area contributed by atoms with Gasteiger partial charge in [0, 0.05) is 12.6 Å². The Morgan fingerprint density at radius 1 is 1.37 bits per heavy atom. The molecule has 0 spiro atoms. The molecular formula is C16H25FN2. The number of hydrogen-bond donors (Lipinski definition) is 1. The first-order valence-corrected chi connectivity index (χ1v) is 7.35. The van der Waals surface area contributed by atoms with Crippen molar-refractivity contribution in [1.29, 1.82) is 0 Å². The van der Waals surface area contributed by atoms with Crippen molar-refractivity contribution in [1.82, 2.24) is 4.90 Å². The third-order valence-electron chi connectivity index (χ3n) is 4.47. The van der Waals surface area contributed by atoms with E-state index in [4.69, 9.17) is 5.73 Å². The SMILES string of the molecule is CCC1CCN(C(CN)c2ccc(C)c(F)c2)CC1. The van der Waals surface area contributed by atoms with Gasteiger partial charge in [0.15, 0.2) is 0 Å². The Balaban J connectivity index is 2.09. The lowest BCUT2D eigenvalue weighted by molar-refractivity contribution is 0.133. The fraction of sp³-hybridized carbons (Fsp3) is 0.625. The van der Waals surface area contributed by atoms with Crippen LogP contribution in [0.15, 0.2) is 18.2 Å². The maximum absolute atomic E-state index is 13.7. The molecule has 3 heteroatoms. The third kappa shape index (κ3) is 3.34. The summed E-state index contributed by atoms with van der Waals surface area (Å²) in [4.78, 5) is 2.41. The lowest BCUT2D eigenvalue weighted by atomic mass is 9.92. The molecule has 1 fully saturated rings. The van der Waals surface area contributed by atoms with Gasteiger partial charge in [0.2, 0.25) is 0 Å². The first kappa shape index (κ1) is 14.5. The van der Waals surface area contributed by atoms with Gasteiger partial charge in [0.25, 0.3) is 0 Å². The van der Waals surface area contributed by atoms with E-state index in [9.17, 15) is 4.39 Å². The van der Waals surface area contributed by atoms with Gasteiger partial charge in [-0.15, -0.1) is 0 Å². The smallest absolute Gasteiger partial charge is 0.126 e. The Morgan fingerprint density at radius 3 is 2.58 bits per heavy atom. The van der Waals surface area contributed by atoms with E-state index < -0.39 is 0 Å². The number of piperidine rings is 1. The second-order valence-corrected chi connectivity index (χ2v) is 5.65. The van der Waals surface area contributed by atoms with Crippen LogP contribution in [0.2, 0.25) is 0 Å². The Labute approximate surface area is 115 Å². The molecule has 1 aromatic rings. The summed E-state index contributed by atoms with van der Waals surface area (Å²) < 4.78 is 13.7. The monoisotopic (exact) mass is 264 g/mol. The quantitative estimate of drug-likeness (QED) is 0.904. The standard InChI is InChI=1S/C16H25FN2/c1-3-13-6-8-19(9-7-13)16(11-18)14-5-4-12(2)15(17)10-14/h4-5,10,13,16H,3,6-9,11,18H2,1-2H3. The number of benzene rings is 1. The molecule has 0 radical (unpaired) electrons. The molecule has 1 saturated heterocycles. The van der Waals surface area contributed by atoms with Gasteiger partial charge in [-0.1, -0.05) is 25.5 Å². The molecule has 0 aromatic heterocycles. The van der Waals surface area contributed by atoms with E-state index in [1.807, 2.05) is 12.1 Å². The molecule has 1 heterocycles. The van der Waals surface area contributed by atoms with Crippen LogP contribution in [0.3, 0.4) is 0 Å². The number of nitrogens with zero attached hydrogens (tertiary/aromatic N) is 1. The van der Waals surface area contributed by atoms with Gasteiger partial charge in [0.05, 0.1) is 0 Å². The number of halogens is 1. The van der Waals surface area contributed by atoms with Crippen LogP contribution in [-0.2, 0) is 0 Å². The average molecular weight is 264 g/mol. The molecule has 2 rings (SSSR count). The predicted octanol–water partition coefficient (Wildman–Crippen LogP) is 3.26. The summed E-state index contributed by atoms with van der Waals surface area (Å²) in [7, 11) is 0. The highest BCUT2D eigenvalue weighted by Gasteiger charge is 2.24. The van der Waals surface area contributed by atoms with Gasteiger partial charge in [0.1, 0.15) is 5.82 Å². The molecule has 1 aliphatic rings. The molecule has 0 bridgehead atoms. The van der Waals surface area contributed by atoms with Crippen molar-refractivity contribution in [3.05, 3.63) is 35.1 Å². The highest BCUT2D eigenvalue weighted by Crippen LogP contribution is 2.28. The molecule has 2 N–H and O–H groups in total. The van der Waals surface area contributed by atoms with Crippen molar-refractivity contribution in [2.24, 2.45) is 11.7 Å². The maximum atomic E-state index is 13.7. The van der Waals surface area contributed by atoms with Crippen LogP contribution in [0.4, 0.5) is 4.39 Å². The van der Waals surface area contributed by atoms with Gasteiger partial charge in [-0.2, -0.15) is 0 Å². The van der Waals surface area contributed by atoms with Crippen LogP contribution in [0.5, 0.6) is 0 Å². The molecule has 0 amide bonds. The minimum absolute atomic E-state index is 0.126. The Hall–Kier alpha value is -0.930. The largest absolute Gasteiger partial charge is 0.329 e. The zero-order valence-electron chi connectivity index (χ0n) is 12.0. The number of rotatable bonds is 4. The maximum Gasteiger partial charge on any atom is 0.126 e. The highest BCUT2D eigenvalue weighted by atomic mass is 19.1. The molecule has 1 atom stereocenters. The number of hydrogen-bond acceptors (Lipinski definition) is 2. The van der Waals surface area contributed by atoms with Gasteiger partial charge >= 0.3 is 0 Å². The zero-order valence-corrected chi connectivity index (χ0v) is 12.0. The van der Waals surface area contributed by atoms with Crippen molar-refractivity contribution < 1.29 is 4.39 Å². The topological polar surface area (TPSA) is 29.3 Å². The van der Waals surface area contributed by atoms with Gasteiger partial charge in [-0.25, -0.2) is 4.39 Å². The molecular weight excluding hydrogens is 239 g/mol. The van der Waals surface area contributed by atoms with Crippen LogP contribution in [0.1, 0.15) is 43.4 Å². The minimum atomic E-state index is -0.126. The highest BCUT2D eigenvalue weighted by molar-refractivity contribution is 5.26. The second kappa shape index (κ2) is 6.49. The third-order valence-corrected chi connectivity index (χ3v) is 4.47. The van der Waals surface area contributed by atoms with Crippen LogP contribution < -0.4 is 5.73 Å². The lowest BCUT2D eigenvalue weighted by Crippen LogP contribution is -2.39. The summed E-state index contributed by atoms with van der Waals surface area (Å²) in [6.07, 6.45) is 3.74. The van der Waals surface area contributed by atoms with E-state index in [0.29, 0.717) is 12.1 Å². The summed E-state index contributed by atoms with van der Waals surface area (Å²) in [5, 5.41) is 0. The molecule has 1 aromatic carbocycles. The normalized spacial score (nSPS) is 19.6. The van der Waals surface area contributed by atoms with E-state index in [-0.39, 0.29) is 11.9 Å². The zero-order chi connectivity index (χ0) is 13.8. The molecule has 106 valence electrons. The number of nitrogens with two attached hydrogens (primary N) is 1. The molecule has 1 unspecified atom stereocenters. The molecule has 0 aliphatic carbocycles. The Morgan fingerprint density at radius 2 is 2.05 bits per heavy atom. The van der Waals surface area contributed by atoms with Crippen molar-refractivity contribution >= 4 is 0 Å². The Kier molecular flexibility index (Phi) is 4.94. The van der Waals surface area contributed by atoms with Crippen molar-refractivity contribution in [2.45, 2.75) is 39.2 Å². The molecule has 1 aliphatic heterocycles. The minimum Gasteiger partial charge on any atom is -0.329 e. The Bertz CT molecular complexity index is 411. The fourth-order valence-electron chi connectivity index (χ4n) is 2.99. The predicted molar refractivity (Wildman–Crippen MR) is 77.5 cm³/mol. The van der Waals surface area contributed by atoms with Gasteiger partial charge < -0.3 is 5.73 Å². The van der Waals surface area contributed by atoms with E-state index >= 15 is 0 Å².